The van der Waals surface area contributed by atoms with E-state index in [4.69, 9.17) is 4.74 Å². The second-order valence-corrected chi connectivity index (χ2v) is 9.97. The summed E-state index contributed by atoms with van der Waals surface area (Å²) < 4.78 is 5.39. The van der Waals surface area contributed by atoms with Crippen LogP contribution in [-0.2, 0) is 14.3 Å². The number of fused-ring (bicyclic) bond motifs is 1. The van der Waals surface area contributed by atoms with Crippen molar-refractivity contribution in [3.8, 4) is 0 Å². The van der Waals surface area contributed by atoms with E-state index in [9.17, 15) is 19.2 Å². The van der Waals surface area contributed by atoms with Gasteiger partial charge in [0.25, 0.3) is 0 Å². The third kappa shape index (κ3) is 4.84. The number of benzene rings is 3. The highest BCUT2D eigenvalue weighted by molar-refractivity contribution is 6.22. The van der Waals surface area contributed by atoms with Crippen LogP contribution in [0.2, 0.25) is 0 Å². The van der Waals surface area contributed by atoms with Crippen LogP contribution in [0.4, 0.5) is 5.69 Å². The standard InChI is InChI=1S/C31H29NO5/c1-19-8-10-22(11-9-19)28(33)20(2)37-31(36)23-12-15-25(16-13-23)32-29(34)26-17-14-24(18-27(26)30(32)35)21-6-4-3-5-7-21/h3-13,15-16,20,24,26-27H,14,17-18H2,1-2H3/t20-,24+,26+,27-/m0/s1. The van der Waals surface area contributed by atoms with Crippen molar-refractivity contribution in [2.24, 2.45) is 11.8 Å². The Balaban J connectivity index is 1.25. The molecule has 1 saturated heterocycles. The minimum absolute atomic E-state index is 0.172. The van der Waals surface area contributed by atoms with E-state index in [2.05, 4.69) is 12.1 Å². The van der Waals surface area contributed by atoms with Gasteiger partial charge in [0.15, 0.2) is 6.10 Å². The zero-order chi connectivity index (χ0) is 26.1. The first-order chi connectivity index (χ1) is 17.8. The molecule has 6 nitrogen and oxygen atoms in total. The number of Topliss-reactive ketones (excluding diaryl/α,β-unsaturated/α-hetero) is 1. The van der Waals surface area contributed by atoms with Crippen molar-refractivity contribution in [2.45, 2.75) is 45.1 Å². The summed E-state index contributed by atoms with van der Waals surface area (Å²) in [6.45, 7) is 3.47. The second-order valence-electron chi connectivity index (χ2n) is 9.97. The van der Waals surface area contributed by atoms with E-state index in [-0.39, 0.29) is 40.9 Å². The molecule has 37 heavy (non-hydrogen) atoms. The molecule has 2 fully saturated rings. The van der Waals surface area contributed by atoms with Crippen molar-refractivity contribution in [2.75, 3.05) is 4.90 Å². The van der Waals surface area contributed by atoms with Crippen LogP contribution in [0.15, 0.2) is 78.9 Å². The van der Waals surface area contributed by atoms with E-state index >= 15 is 0 Å². The summed E-state index contributed by atoms with van der Waals surface area (Å²) in [6.07, 6.45) is 1.27. The molecule has 4 atom stereocenters. The van der Waals surface area contributed by atoms with Crippen LogP contribution in [0, 0.1) is 18.8 Å². The maximum Gasteiger partial charge on any atom is 0.338 e. The average Bonchev–Trinajstić information content (AvgIpc) is 3.18. The summed E-state index contributed by atoms with van der Waals surface area (Å²) in [5.74, 6) is -1.64. The molecular weight excluding hydrogens is 466 g/mol. The van der Waals surface area contributed by atoms with E-state index < -0.39 is 12.1 Å². The summed E-state index contributed by atoms with van der Waals surface area (Å²) in [7, 11) is 0. The van der Waals surface area contributed by atoms with Crippen molar-refractivity contribution in [1.82, 2.24) is 0 Å². The van der Waals surface area contributed by atoms with E-state index in [0.29, 0.717) is 24.1 Å². The number of imide groups is 1. The number of carbonyl (C=O) groups excluding carboxylic acids is 4. The smallest absolute Gasteiger partial charge is 0.338 e. The molecule has 188 valence electrons. The maximum atomic E-state index is 13.3. The number of hydrogen-bond acceptors (Lipinski definition) is 5. The molecule has 5 rings (SSSR count). The van der Waals surface area contributed by atoms with Gasteiger partial charge in [-0.05, 0) is 68.9 Å². The molecule has 6 heteroatoms. The number of nitrogens with zero attached hydrogens (tertiary/aromatic N) is 1. The summed E-state index contributed by atoms with van der Waals surface area (Å²) in [6, 6.07) is 23.4. The minimum Gasteiger partial charge on any atom is -0.451 e. The van der Waals surface area contributed by atoms with Crippen LogP contribution in [0.3, 0.4) is 0 Å². The highest BCUT2D eigenvalue weighted by Gasteiger charge is 2.50. The predicted octanol–water partition coefficient (Wildman–Crippen LogP) is 5.50. The van der Waals surface area contributed by atoms with Gasteiger partial charge in [0.2, 0.25) is 17.6 Å². The number of aryl methyl sites for hydroxylation is 1. The molecule has 0 spiro atoms. The van der Waals surface area contributed by atoms with E-state index in [1.807, 2.05) is 37.3 Å². The topological polar surface area (TPSA) is 80.8 Å². The molecule has 0 aromatic heterocycles. The summed E-state index contributed by atoms with van der Waals surface area (Å²) in [5.41, 5.74) is 3.40. The molecule has 2 aliphatic rings. The van der Waals surface area contributed by atoms with Gasteiger partial charge < -0.3 is 4.74 Å². The number of esters is 1. The fourth-order valence-electron chi connectivity index (χ4n) is 5.44. The van der Waals surface area contributed by atoms with Crippen molar-refractivity contribution in [3.63, 3.8) is 0 Å². The molecule has 3 aromatic carbocycles. The van der Waals surface area contributed by atoms with Gasteiger partial charge in [0.05, 0.1) is 23.1 Å². The molecule has 1 aliphatic carbocycles. The Hall–Kier alpha value is -4.06. The summed E-state index contributed by atoms with van der Waals surface area (Å²) in [4.78, 5) is 53.0. The molecule has 0 unspecified atom stereocenters. The third-order valence-corrected chi connectivity index (χ3v) is 7.55. The maximum absolute atomic E-state index is 13.3. The monoisotopic (exact) mass is 495 g/mol. The molecule has 0 radical (unpaired) electrons. The molecule has 2 amide bonds. The molecule has 1 aliphatic heterocycles. The molecule has 0 N–H and O–H groups in total. The number of ketones is 1. The zero-order valence-corrected chi connectivity index (χ0v) is 20.9. The van der Waals surface area contributed by atoms with Crippen LogP contribution < -0.4 is 4.90 Å². The number of anilines is 1. The molecule has 1 heterocycles. The Kier molecular flexibility index (Phi) is 6.74. The van der Waals surface area contributed by atoms with Gasteiger partial charge in [-0.1, -0.05) is 60.2 Å². The van der Waals surface area contributed by atoms with Gasteiger partial charge in [-0.25, -0.2) is 4.79 Å². The molecular formula is C31H29NO5. The van der Waals surface area contributed by atoms with Gasteiger partial charge in [0.1, 0.15) is 0 Å². The SMILES string of the molecule is Cc1ccc(C(=O)[C@H](C)OC(=O)c2ccc(N3C(=O)[C@H]4C[C@H](c5ccccc5)CC[C@H]4C3=O)cc2)cc1. The first kappa shape index (κ1) is 24.6. The minimum atomic E-state index is -0.947. The van der Waals surface area contributed by atoms with Gasteiger partial charge in [-0.15, -0.1) is 0 Å². The number of ether oxygens (including phenoxy) is 1. The van der Waals surface area contributed by atoms with Crippen LogP contribution in [-0.4, -0.2) is 29.7 Å². The van der Waals surface area contributed by atoms with Gasteiger partial charge in [-0.3, -0.25) is 19.3 Å². The highest BCUT2D eigenvalue weighted by Crippen LogP contribution is 2.45. The first-order valence-corrected chi connectivity index (χ1v) is 12.7. The summed E-state index contributed by atoms with van der Waals surface area (Å²) in [5, 5.41) is 0. The lowest BCUT2D eigenvalue weighted by Crippen LogP contribution is -2.31. The van der Waals surface area contributed by atoms with E-state index in [1.165, 1.54) is 22.6 Å². The van der Waals surface area contributed by atoms with Crippen molar-refractivity contribution in [1.29, 1.82) is 0 Å². The van der Waals surface area contributed by atoms with Gasteiger partial charge >= 0.3 is 5.97 Å². The van der Waals surface area contributed by atoms with Gasteiger partial charge in [-0.2, -0.15) is 0 Å². The Morgan fingerprint density at radius 2 is 1.43 bits per heavy atom. The van der Waals surface area contributed by atoms with Crippen LogP contribution in [0.5, 0.6) is 0 Å². The number of carbonyl (C=O) groups is 4. The molecule has 0 bridgehead atoms. The van der Waals surface area contributed by atoms with Crippen molar-refractivity contribution >= 4 is 29.3 Å². The Labute approximate surface area is 216 Å². The van der Waals surface area contributed by atoms with Crippen molar-refractivity contribution < 1.29 is 23.9 Å². The Morgan fingerprint density at radius 1 is 0.811 bits per heavy atom. The molecule has 3 aromatic rings. The number of hydrogen-bond donors (Lipinski definition) is 0. The second kappa shape index (κ2) is 10.1. The van der Waals surface area contributed by atoms with Crippen LogP contribution in [0.25, 0.3) is 0 Å². The normalized spacial score (nSPS) is 21.9. The Morgan fingerprint density at radius 3 is 2.11 bits per heavy atom. The quantitative estimate of drug-likeness (QED) is 0.256. The fourth-order valence-corrected chi connectivity index (χ4v) is 5.44. The van der Waals surface area contributed by atoms with Crippen LogP contribution in [0.1, 0.15) is 63.9 Å². The lowest BCUT2D eigenvalue weighted by molar-refractivity contribution is -0.122. The van der Waals surface area contributed by atoms with Crippen LogP contribution >= 0.6 is 0 Å². The fraction of sp³-hybridized carbons (Fsp3) is 0.290. The lowest BCUT2D eigenvalue weighted by atomic mass is 9.73. The first-order valence-electron chi connectivity index (χ1n) is 12.7. The largest absolute Gasteiger partial charge is 0.451 e. The molecule has 1 saturated carbocycles. The Bertz CT molecular complexity index is 1330. The summed E-state index contributed by atoms with van der Waals surface area (Å²) >= 11 is 0. The van der Waals surface area contributed by atoms with E-state index in [0.717, 1.165) is 12.0 Å². The van der Waals surface area contributed by atoms with Gasteiger partial charge in [0, 0.05) is 5.56 Å². The predicted molar refractivity (Wildman–Crippen MR) is 139 cm³/mol. The number of amides is 2. The highest BCUT2D eigenvalue weighted by atomic mass is 16.5. The third-order valence-electron chi connectivity index (χ3n) is 7.55. The zero-order valence-electron chi connectivity index (χ0n) is 20.9. The van der Waals surface area contributed by atoms with Crippen molar-refractivity contribution in [3.05, 3.63) is 101 Å². The average molecular weight is 496 g/mol. The van der Waals surface area contributed by atoms with E-state index in [1.54, 1.807) is 31.2 Å². The lowest BCUT2D eigenvalue weighted by Gasteiger charge is -2.28. The number of rotatable bonds is 6.